The second-order valence-corrected chi connectivity index (χ2v) is 3.97. The summed E-state index contributed by atoms with van der Waals surface area (Å²) in [6.07, 6.45) is 0.880. The molecule has 2 atom stereocenters. The summed E-state index contributed by atoms with van der Waals surface area (Å²) in [5.74, 6) is -0.183. The molecule has 2 unspecified atom stereocenters. The smallest absolute Gasteiger partial charge is 0.123 e. The van der Waals surface area contributed by atoms with Crippen molar-refractivity contribution >= 4 is 11.6 Å². The van der Waals surface area contributed by atoms with E-state index in [1.54, 1.807) is 12.1 Å². The lowest BCUT2D eigenvalue weighted by molar-refractivity contribution is 0.607. The van der Waals surface area contributed by atoms with Gasteiger partial charge in [0.1, 0.15) is 5.82 Å². The monoisotopic (exact) mass is 199 g/mol. The van der Waals surface area contributed by atoms with Crippen LogP contribution in [0.4, 0.5) is 4.39 Å². The molecule has 0 aromatic heterocycles. The maximum absolute atomic E-state index is 12.9. The first-order valence-corrected chi connectivity index (χ1v) is 4.82. The molecule has 1 fully saturated rings. The Bertz CT molecular complexity index is 303. The Kier molecular flexibility index (Phi) is 2.51. The molecule has 0 amide bonds. The Hall–Kier alpha value is -0.600. The van der Waals surface area contributed by atoms with Gasteiger partial charge in [-0.25, -0.2) is 4.39 Å². The van der Waals surface area contributed by atoms with Crippen LogP contribution in [0.1, 0.15) is 18.0 Å². The topological polar surface area (TPSA) is 12.0 Å². The minimum absolute atomic E-state index is 0.174. The van der Waals surface area contributed by atoms with E-state index in [9.17, 15) is 4.39 Å². The van der Waals surface area contributed by atoms with Crippen molar-refractivity contribution in [1.82, 2.24) is 5.32 Å². The average Bonchev–Trinajstić information content (AvgIpc) is 2.52. The molecule has 1 heterocycles. The van der Waals surface area contributed by atoms with Crippen LogP contribution in [0.2, 0.25) is 0 Å². The minimum Gasteiger partial charge on any atom is -0.308 e. The highest BCUT2D eigenvalue weighted by Gasteiger charge is 2.23. The molecular formula is C10H11ClFN. The van der Waals surface area contributed by atoms with Crippen molar-refractivity contribution < 1.29 is 4.39 Å². The summed E-state index contributed by atoms with van der Waals surface area (Å²) in [7, 11) is 0. The predicted octanol–water partition coefficient (Wildman–Crippen LogP) is 2.47. The van der Waals surface area contributed by atoms with Crippen LogP contribution in [0.5, 0.6) is 0 Å². The maximum atomic E-state index is 12.9. The summed E-state index contributed by atoms with van der Waals surface area (Å²) in [5.41, 5.74) is 0.989. The summed E-state index contributed by atoms with van der Waals surface area (Å²) in [5, 5.41) is 3.43. The Morgan fingerprint density at radius 3 is 2.92 bits per heavy atom. The predicted molar refractivity (Wildman–Crippen MR) is 51.4 cm³/mol. The molecule has 1 saturated heterocycles. The van der Waals surface area contributed by atoms with Crippen LogP contribution in [0.25, 0.3) is 0 Å². The second kappa shape index (κ2) is 3.64. The molecule has 1 aliphatic heterocycles. The van der Waals surface area contributed by atoms with E-state index in [2.05, 4.69) is 5.32 Å². The summed E-state index contributed by atoms with van der Waals surface area (Å²) in [4.78, 5) is 0. The highest BCUT2D eigenvalue weighted by Crippen LogP contribution is 2.26. The maximum Gasteiger partial charge on any atom is 0.123 e. The molecule has 1 aromatic rings. The van der Waals surface area contributed by atoms with Crippen molar-refractivity contribution in [3.63, 3.8) is 0 Å². The molecule has 0 spiro atoms. The Morgan fingerprint density at radius 2 is 2.31 bits per heavy atom. The fourth-order valence-electron chi connectivity index (χ4n) is 1.67. The zero-order valence-corrected chi connectivity index (χ0v) is 7.89. The van der Waals surface area contributed by atoms with Crippen molar-refractivity contribution in [2.75, 3.05) is 6.54 Å². The second-order valence-electron chi connectivity index (χ2n) is 3.35. The van der Waals surface area contributed by atoms with E-state index in [0.29, 0.717) is 0 Å². The summed E-state index contributed by atoms with van der Waals surface area (Å²) in [6, 6.07) is 6.89. The molecule has 70 valence electrons. The number of hydrogen-bond acceptors (Lipinski definition) is 1. The highest BCUT2D eigenvalue weighted by molar-refractivity contribution is 6.21. The zero-order valence-electron chi connectivity index (χ0n) is 7.13. The molecule has 2 rings (SSSR count). The molecule has 1 N–H and O–H groups in total. The highest BCUT2D eigenvalue weighted by atomic mass is 35.5. The van der Waals surface area contributed by atoms with Gasteiger partial charge in [-0.1, -0.05) is 12.1 Å². The minimum atomic E-state index is -0.183. The molecule has 3 heteroatoms. The molecule has 1 aromatic carbocycles. The van der Waals surface area contributed by atoms with E-state index < -0.39 is 0 Å². The third-order valence-electron chi connectivity index (χ3n) is 2.33. The first-order valence-electron chi connectivity index (χ1n) is 4.38. The van der Waals surface area contributed by atoms with Gasteiger partial charge in [-0.15, -0.1) is 11.6 Å². The van der Waals surface area contributed by atoms with Crippen LogP contribution in [-0.4, -0.2) is 11.9 Å². The van der Waals surface area contributed by atoms with Crippen LogP contribution in [0.15, 0.2) is 24.3 Å². The number of rotatable bonds is 1. The van der Waals surface area contributed by atoms with E-state index in [4.69, 9.17) is 11.6 Å². The average molecular weight is 200 g/mol. The fraction of sp³-hybridized carbons (Fsp3) is 0.400. The molecule has 0 bridgehead atoms. The van der Waals surface area contributed by atoms with Crippen molar-refractivity contribution in [2.45, 2.75) is 17.8 Å². The Labute approximate surface area is 81.9 Å². The molecule has 0 radical (unpaired) electrons. The van der Waals surface area contributed by atoms with Crippen molar-refractivity contribution in [2.24, 2.45) is 0 Å². The standard InChI is InChI=1S/C10H11ClFN/c11-8-5-10(13-6-8)7-2-1-3-9(12)4-7/h1-4,8,10,13H,5-6H2. The van der Waals surface area contributed by atoms with E-state index in [-0.39, 0.29) is 17.2 Å². The van der Waals surface area contributed by atoms with Gasteiger partial charge in [-0.2, -0.15) is 0 Å². The molecule has 0 saturated carbocycles. The van der Waals surface area contributed by atoms with E-state index in [1.165, 1.54) is 6.07 Å². The fourth-order valence-corrected chi connectivity index (χ4v) is 1.94. The first kappa shape index (κ1) is 8.97. The first-order chi connectivity index (χ1) is 6.25. The quantitative estimate of drug-likeness (QED) is 0.686. The SMILES string of the molecule is Fc1cccc(C2CC(Cl)CN2)c1. The Balaban J connectivity index is 2.16. The van der Waals surface area contributed by atoms with Gasteiger partial charge in [0, 0.05) is 18.0 Å². The number of nitrogens with one attached hydrogen (secondary N) is 1. The van der Waals surface area contributed by atoms with Gasteiger partial charge in [-0.05, 0) is 24.1 Å². The van der Waals surface area contributed by atoms with Crippen molar-refractivity contribution in [3.8, 4) is 0 Å². The van der Waals surface area contributed by atoms with Crippen LogP contribution in [0.3, 0.4) is 0 Å². The molecular weight excluding hydrogens is 189 g/mol. The molecule has 1 nitrogen and oxygen atoms in total. The van der Waals surface area contributed by atoms with Gasteiger partial charge >= 0.3 is 0 Å². The lowest BCUT2D eigenvalue weighted by atomic mass is 10.1. The lowest BCUT2D eigenvalue weighted by Crippen LogP contribution is -2.13. The van der Waals surface area contributed by atoms with Crippen molar-refractivity contribution in [3.05, 3.63) is 35.6 Å². The Morgan fingerprint density at radius 1 is 1.46 bits per heavy atom. The van der Waals surface area contributed by atoms with Gasteiger partial charge in [0.2, 0.25) is 0 Å². The van der Waals surface area contributed by atoms with Crippen molar-refractivity contribution in [1.29, 1.82) is 0 Å². The molecule has 13 heavy (non-hydrogen) atoms. The number of halogens is 2. The molecule has 0 aliphatic carbocycles. The number of hydrogen-bond donors (Lipinski definition) is 1. The normalized spacial score (nSPS) is 27.8. The number of benzene rings is 1. The van der Waals surface area contributed by atoms with Gasteiger partial charge in [0.25, 0.3) is 0 Å². The third kappa shape index (κ3) is 2.01. The van der Waals surface area contributed by atoms with E-state index >= 15 is 0 Å². The van der Waals surface area contributed by atoms with E-state index in [0.717, 1.165) is 18.5 Å². The molecule has 1 aliphatic rings. The summed E-state index contributed by atoms with van der Waals surface area (Å²) in [6.45, 7) is 0.808. The van der Waals surface area contributed by atoms with Crippen LogP contribution < -0.4 is 5.32 Å². The van der Waals surface area contributed by atoms with Gasteiger partial charge < -0.3 is 5.32 Å². The number of alkyl halides is 1. The van der Waals surface area contributed by atoms with Crippen LogP contribution in [-0.2, 0) is 0 Å². The largest absolute Gasteiger partial charge is 0.308 e. The summed E-state index contributed by atoms with van der Waals surface area (Å²) < 4.78 is 12.9. The summed E-state index contributed by atoms with van der Waals surface area (Å²) >= 11 is 5.94. The van der Waals surface area contributed by atoms with E-state index in [1.807, 2.05) is 6.07 Å². The van der Waals surface area contributed by atoms with Gasteiger partial charge in [-0.3, -0.25) is 0 Å². The van der Waals surface area contributed by atoms with Gasteiger partial charge in [0.15, 0.2) is 0 Å². The third-order valence-corrected chi connectivity index (χ3v) is 2.66. The van der Waals surface area contributed by atoms with Gasteiger partial charge in [0.05, 0.1) is 0 Å². The zero-order chi connectivity index (χ0) is 9.26. The van der Waals surface area contributed by atoms with Crippen LogP contribution >= 0.6 is 11.6 Å². The van der Waals surface area contributed by atoms with Crippen LogP contribution in [0, 0.1) is 5.82 Å². The lowest BCUT2D eigenvalue weighted by Gasteiger charge is -2.09.